The molecule has 0 bridgehead atoms. The van der Waals surface area contributed by atoms with Crippen molar-refractivity contribution in [3.05, 3.63) is 101 Å². The quantitative estimate of drug-likeness (QED) is 0.250. The number of amides is 2. The van der Waals surface area contributed by atoms with Crippen LogP contribution in [0.4, 0.5) is 0 Å². The number of nitrogens with zero attached hydrogens (tertiary/aromatic N) is 1. The van der Waals surface area contributed by atoms with Crippen molar-refractivity contribution in [1.29, 1.82) is 0 Å². The van der Waals surface area contributed by atoms with Crippen molar-refractivity contribution in [2.24, 2.45) is 0 Å². The van der Waals surface area contributed by atoms with Gasteiger partial charge >= 0.3 is 0 Å². The maximum Gasteiger partial charge on any atom is 0.243 e. The standard InChI is InChI=1S/C30H35ClN2O3S/c1-3-4-17-32-30(35)28(19-23-9-6-5-7-10-23)33(20-25-11-8-12-27(18-25)36-2)29(34)22-37-21-24-13-15-26(31)16-14-24/h5-16,18,28H,3-4,17,19-22H2,1-2H3,(H,32,35)/t28-/m0/s1. The molecule has 0 spiro atoms. The van der Waals surface area contributed by atoms with Gasteiger partial charge in [-0.15, -0.1) is 11.8 Å². The summed E-state index contributed by atoms with van der Waals surface area (Å²) in [5.74, 6) is 1.46. The lowest BCUT2D eigenvalue weighted by Gasteiger charge is -2.31. The number of hydrogen-bond donors (Lipinski definition) is 1. The van der Waals surface area contributed by atoms with Gasteiger partial charge in [0, 0.05) is 30.3 Å². The lowest BCUT2D eigenvalue weighted by Crippen LogP contribution is -2.51. The molecule has 0 saturated heterocycles. The smallest absolute Gasteiger partial charge is 0.243 e. The van der Waals surface area contributed by atoms with E-state index < -0.39 is 6.04 Å². The molecule has 1 atom stereocenters. The van der Waals surface area contributed by atoms with Gasteiger partial charge in [0.1, 0.15) is 11.8 Å². The molecule has 0 saturated carbocycles. The number of hydrogen-bond acceptors (Lipinski definition) is 4. The van der Waals surface area contributed by atoms with E-state index in [0.717, 1.165) is 29.5 Å². The van der Waals surface area contributed by atoms with Crippen LogP contribution >= 0.6 is 23.4 Å². The summed E-state index contributed by atoms with van der Waals surface area (Å²) in [6.07, 6.45) is 2.32. The highest BCUT2D eigenvalue weighted by Crippen LogP contribution is 2.21. The Balaban J connectivity index is 1.84. The zero-order valence-corrected chi connectivity index (χ0v) is 23.1. The molecule has 7 heteroatoms. The molecule has 2 amide bonds. The van der Waals surface area contributed by atoms with E-state index in [1.165, 1.54) is 11.8 Å². The predicted molar refractivity (Wildman–Crippen MR) is 153 cm³/mol. The molecular formula is C30H35ClN2O3S. The largest absolute Gasteiger partial charge is 0.497 e. The Kier molecular flexibility index (Phi) is 11.9. The van der Waals surface area contributed by atoms with Crippen molar-refractivity contribution < 1.29 is 14.3 Å². The number of carbonyl (C=O) groups is 2. The van der Waals surface area contributed by atoms with Crippen LogP contribution in [-0.2, 0) is 28.3 Å². The number of methoxy groups -OCH3 is 1. The van der Waals surface area contributed by atoms with E-state index in [0.29, 0.717) is 36.0 Å². The summed E-state index contributed by atoms with van der Waals surface area (Å²) in [6.45, 7) is 2.99. The summed E-state index contributed by atoms with van der Waals surface area (Å²) in [6, 6.07) is 24.5. The molecular weight excluding hydrogens is 504 g/mol. The van der Waals surface area contributed by atoms with Crippen LogP contribution in [0, 0.1) is 0 Å². The highest BCUT2D eigenvalue weighted by molar-refractivity contribution is 7.99. The fourth-order valence-electron chi connectivity index (χ4n) is 3.95. The van der Waals surface area contributed by atoms with Crippen molar-refractivity contribution in [3.63, 3.8) is 0 Å². The minimum Gasteiger partial charge on any atom is -0.497 e. The van der Waals surface area contributed by atoms with E-state index in [4.69, 9.17) is 16.3 Å². The van der Waals surface area contributed by atoms with Gasteiger partial charge in [0.25, 0.3) is 0 Å². The van der Waals surface area contributed by atoms with E-state index in [1.807, 2.05) is 78.9 Å². The zero-order valence-electron chi connectivity index (χ0n) is 21.5. The fraction of sp³-hybridized carbons (Fsp3) is 0.333. The SMILES string of the molecule is CCCCNC(=O)[C@H](Cc1ccccc1)N(Cc1cccc(OC)c1)C(=O)CSCc1ccc(Cl)cc1. The molecule has 0 aliphatic heterocycles. The number of thioether (sulfide) groups is 1. The molecule has 0 aromatic heterocycles. The lowest BCUT2D eigenvalue weighted by atomic mass is 10.0. The van der Waals surface area contributed by atoms with Gasteiger partial charge in [0.05, 0.1) is 12.9 Å². The predicted octanol–water partition coefficient (Wildman–Crippen LogP) is 6.14. The monoisotopic (exact) mass is 538 g/mol. The summed E-state index contributed by atoms with van der Waals surface area (Å²) in [5.41, 5.74) is 3.02. The van der Waals surface area contributed by atoms with Crippen molar-refractivity contribution in [1.82, 2.24) is 10.2 Å². The van der Waals surface area contributed by atoms with Gasteiger partial charge in [-0.3, -0.25) is 9.59 Å². The van der Waals surface area contributed by atoms with E-state index in [-0.39, 0.29) is 17.6 Å². The Morgan fingerprint density at radius 2 is 1.70 bits per heavy atom. The second-order valence-corrected chi connectivity index (χ2v) is 10.3. The minimum absolute atomic E-state index is 0.0756. The van der Waals surface area contributed by atoms with Crippen LogP contribution in [0.3, 0.4) is 0 Å². The van der Waals surface area contributed by atoms with Crippen LogP contribution in [0.2, 0.25) is 5.02 Å². The third-order valence-electron chi connectivity index (χ3n) is 6.00. The number of carbonyl (C=O) groups excluding carboxylic acids is 2. The molecule has 3 aromatic carbocycles. The van der Waals surface area contributed by atoms with E-state index in [9.17, 15) is 9.59 Å². The third-order valence-corrected chi connectivity index (χ3v) is 7.24. The van der Waals surface area contributed by atoms with Crippen molar-refractivity contribution in [2.45, 2.75) is 44.5 Å². The number of halogens is 1. The topological polar surface area (TPSA) is 58.6 Å². The molecule has 196 valence electrons. The molecule has 3 aromatic rings. The van der Waals surface area contributed by atoms with Gasteiger partial charge in [0.2, 0.25) is 11.8 Å². The van der Waals surface area contributed by atoms with Gasteiger partial charge in [0.15, 0.2) is 0 Å². The molecule has 0 heterocycles. The first-order chi connectivity index (χ1) is 18.0. The van der Waals surface area contributed by atoms with Crippen molar-refractivity contribution >= 4 is 35.2 Å². The van der Waals surface area contributed by atoms with Gasteiger partial charge in [-0.2, -0.15) is 0 Å². The Bertz CT molecular complexity index is 1130. The molecule has 0 fully saturated rings. The van der Waals surface area contributed by atoms with Crippen LogP contribution in [0.5, 0.6) is 5.75 Å². The maximum absolute atomic E-state index is 13.7. The second-order valence-electron chi connectivity index (χ2n) is 8.84. The van der Waals surface area contributed by atoms with Gasteiger partial charge < -0.3 is 15.0 Å². The number of unbranched alkanes of at least 4 members (excludes halogenated alkanes) is 1. The summed E-state index contributed by atoms with van der Waals surface area (Å²) in [4.78, 5) is 28.9. The Morgan fingerprint density at radius 3 is 2.41 bits per heavy atom. The molecule has 1 N–H and O–H groups in total. The first kappa shape index (κ1) is 28.6. The molecule has 37 heavy (non-hydrogen) atoms. The van der Waals surface area contributed by atoms with E-state index in [2.05, 4.69) is 12.2 Å². The Hall–Kier alpha value is -2.96. The van der Waals surface area contributed by atoms with E-state index >= 15 is 0 Å². The van der Waals surface area contributed by atoms with Crippen LogP contribution < -0.4 is 10.1 Å². The summed E-state index contributed by atoms with van der Waals surface area (Å²) >= 11 is 7.53. The second kappa shape index (κ2) is 15.3. The number of rotatable bonds is 14. The molecule has 0 unspecified atom stereocenters. The number of ether oxygens (including phenoxy) is 1. The summed E-state index contributed by atoms with van der Waals surface area (Å²) in [7, 11) is 1.62. The highest BCUT2D eigenvalue weighted by atomic mass is 35.5. The van der Waals surface area contributed by atoms with Crippen LogP contribution in [-0.4, -0.2) is 42.2 Å². The first-order valence-electron chi connectivity index (χ1n) is 12.6. The number of nitrogens with one attached hydrogen (secondary N) is 1. The third kappa shape index (κ3) is 9.45. The van der Waals surface area contributed by atoms with Crippen molar-refractivity contribution in [2.75, 3.05) is 19.4 Å². The molecule has 3 rings (SSSR count). The lowest BCUT2D eigenvalue weighted by molar-refractivity contribution is -0.139. The highest BCUT2D eigenvalue weighted by Gasteiger charge is 2.30. The average Bonchev–Trinajstić information content (AvgIpc) is 2.92. The minimum atomic E-state index is -0.630. The normalized spacial score (nSPS) is 11.5. The van der Waals surface area contributed by atoms with Crippen molar-refractivity contribution in [3.8, 4) is 5.75 Å². The number of benzene rings is 3. The molecule has 5 nitrogen and oxygen atoms in total. The fourth-order valence-corrected chi connectivity index (χ4v) is 4.94. The summed E-state index contributed by atoms with van der Waals surface area (Å²) < 4.78 is 5.39. The van der Waals surface area contributed by atoms with Gasteiger partial charge in [-0.25, -0.2) is 0 Å². The molecule has 0 radical (unpaired) electrons. The average molecular weight is 539 g/mol. The van der Waals surface area contributed by atoms with E-state index in [1.54, 1.807) is 12.0 Å². The Labute approximate surface area is 229 Å². The molecule has 0 aliphatic rings. The van der Waals surface area contributed by atoms with Crippen LogP contribution in [0.25, 0.3) is 0 Å². The van der Waals surface area contributed by atoms with Gasteiger partial charge in [-0.05, 0) is 47.4 Å². The molecule has 0 aliphatic carbocycles. The van der Waals surface area contributed by atoms with Gasteiger partial charge in [-0.1, -0.05) is 79.5 Å². The van der Waals surface area contributed by atoms with Crippen LogP contribution in [0.15, 0.2) is 78.9 Å². The Morgan fingerprint density at radius 1 is 0.973 bits per heavy atom. The first-order valence-corrected chi connectivity index (χ1v) is 14.1. The zero-order chi connectivity index (χ0) is 26.5. The summed E-state index contributed by atoms with van der Waals surface area (Å²) in [5, 5.41) is 3.75. The maximum atomic E-state index is 13.7. The van der Waals surface area contributed by atoms with Crippen LogP contribution in [0.1, 0.15) is 36.5 Å².